The van der Waals surface area contributed by atoms with Crippen LogP contribution in [0.5, 0.6) is 0 Å². The van der Waals surface area contributed by atoms with Crippen molar-refractivity contribution < 1.29 is 4.79 Å². The van der Waals surface area contributed by atoms with Crippen LogP contribution in [-0.4, -0.2) is 17.4 Å². The number of rotatable bonds is 5. The molecule has 4 nitrogen and oxygen atoms in total. The second kappa shape index (κ2) is 7.11. The second-order valence-electron chi connectivity index (χ2n) is 4.37. The fourth-order valence-electron chi connectivity index (χ4n) is 1.79. The van der Waals surface area contributed by atoms with Crippen LogP contribution in [0.1, 0.15) is 19.5 Å². The first-order chi connectivity index (χ1) is 10.0. The van der Waals surface area contributed by atoms with Gasteiger partial charge in [-0.3, -0.25) is 9.69 Å². The molecule has 0 aliphatic rings. The van der Waals surface area contributed by atoms with Gasteiger partial charge >= 0.3 is 0 Å². The van der Waals surface area contributed by atoms with E-state index in [0.29, 0.717) is 23.1 Å². The van der Waals surface area contributed by atoms with E-state index in [9.17, 15) is 4.79 Å². The molecule has 21 heavy (non-hydrogen) atoms. The van der Waals surface area contributed by atoms with Gasteiger partial charge in [0.25, 0.3) is 0 Å². The smallest absolute Gasteiger partial charge is 0.225 e. The van der Waals surface area contributed by atoms with Crippen molar-refractivity contribution in [3.63, 3.8) is 0 Å². The third kappa shape index (κ3) is 4.09. The van der Waals surface area contributed by atoms with Crippen molar-refractivity contribution in [3.8, 4) is 0 Å². The number of anilines is 2. The van der Waals surface area contributed by atoms with Crippen molar-refractivity contribution in [1.29, 1.82) is 0 Å². The summed E-state index contributed by atoms with van der Waals surface area (Å²) in [4.78, 5) is 17.6. The molecular formula is C14H15Cl2N3OS. The lowest BCUT2D eigenvalue weighted by Gasteiger charge is -2.14. The second-order valence-corrected chi connectivity index (χ2v) is 6.02. The van der Waals surface area contributed by atoms with Crippen LogP contribution in [-0.2, 0) is 11.3 Å². The lowest BCUT2D eigenvalue weighted by molar-refractivity contribution is -0.116. The third-order valence-corrected chi connectivity index (χ3v) is 4.51. The summed E-state index contributed by atoms with van der Waals surface area (Å²) in [5.41, 5.74) is 1.75. The predicted octanol–water partition coefficient (Wildman–Crippen LogP) is 4.43. The molecule has 0 spiro atoms. The summed E-state index contributed by atoms with van der Waals surface area (Å²) in [5.74, 6) is -0.00385. The van der Waals surface area contributed by atoms with Crippen LogP contribution in [0.2, 0.25) is 10.0 Å². The number of carbonyl (C=O) groups is 1. The van der Waals surface area contributed by atoms with Gasteiger partial charge in [0.1, 0.15) is 0 Å². The molecule has 1 heterocycles. The summed E-state index contributed by atoms with van der Waals surface area (Å²) >= 11 is 13.3. The number of nitrogens with zero attached hydrogens (tertiary/aromatic N) is 2. The maximum atomic E-state index is 11.5. The first-order valence-corrected chi connectivity index (χ1v) is 8.06. The molecule has 7 heteroatoms. The quantitative estimate of drug-likeness (QED) is 0.872. The third-order valence-electron chi connectivity index (χ3n) is 2.86. The fourth-order valence-corrected chi connectivity index (χ4v) is 3.02. The van der Waals surface area contributed by atoms with E-state index < -0.39 is 0 Å². The average Bonchev–Trinajstić information content (AvgIpc) is 2.89. The zero-order valence-electron chi connectivity index (χ0n) is 11.7. The molecule has 2 rings (SSSR count). The standard InChI is InChI=1S/C14H15Cl2N3OS/c1-3-19(9(2)20)14-18-11(8-21-14)7-17-10-4-5-12(15)13(16)6-10/h4-6,8,17H,3,7H2,1-2H3. The summed E-state index contributed by atoms with van der Waals surface area (Å²) in [7, 11) is 0. The summed E-state index contributed by atoms with van der Waals surface area (Å²) in [6, 6.07) is 5.37. The maximum Gasteiger partial charge on any atom is 0.225 e. The molecule has 1 aromatic carbocycles. The Bertz CT molecular complexity index is 645. The molecule has 0 aliphatic heterocycles. The van der Waals surface area contributed by atoms with Gasteiger partial charge in [-0.1, -0.05) is 23.2 Å². The summed E-state index contributed by atoms with van der Waals surface area (Å²) in [6.45, 7) is 4.64. The first-order valence-electron chi connectivity index (χ1n) is 6.42. The minimum atomic E-state index is -0.00385. The number of amides is 1. The number of halogens is 2. The number of thiazole rings is 1. The van der Waals surface area contributed by atoms with E-state index in [1.807, 2.05) is 18.4 Å². The number of aromatic nitrogens is 1. The van der Waals surface area contributed by atoms with Gasteiger partial charge < -0.3 is 5.32 Å². The van der Waals surface area contributed by atoms with Crippen molar-refractivity contribution in [3.05, 3.63) is 39.3 Å². The van der Waals surface area contributed by atoms with Gasteiger partial charge in [-0.15, -0.1) is 11.3 Å². The highest BCUT2D eigenvalue weighted by Crippen LogP contribution is 2.26. The minimum Gasteiger partial charge on any atom is -0.379 e. The maximum absolute atomic E-state index is 11.5. The van der Waals surface area contributed by atoms with Crippen LogP contribution in [0.15, 0.2) is 23.6 Å². The molecule has 0 aliphatic carbocycles. The molecule has 1 amide bonds. The largest absolute Gasteiger partial charge is 0.379 e. The van der Waals surface area contributed by atoms with Crippen LogP contribution >= 0.6 is 34.5 Å². The average molecular weight is 344 g/mol. The zero-order valence-corrected chi connectivity index (χ0v) is 14.0. The number of hydrogen-bond donors (Lipinski definition) is 1. The van der Waals surface area contributed by atoms with Gasteiger partial charge in [0, 0.05) is 24.5 Å². The normalized spacial score (nSPS) is 10.5. The lowest BCUT2D eigenvalue weighted by Crippen LogP contribution is -2.27. The van der Waals surface area contributed by atoms with E-state index in [1.54, 1.807) is 24.0 Å². The highest BCUT2D eigenvalue weighted by atomic mass is 35.5. The van der Waals surface area contributed by atoms with Crippen molar-refractivity contribution in [2.75, 3.05) is 16.8 Å². The Morgan fingerprint density at radius 2 is 2.14 bits per heavy atom. The minimum absolute atomic E-state index is 0.00385. The Hall–Kier alpha value is -1.30. The molecule has 1 aromatic heterocycles. The highest BCUT2D eigenvalue weighted by Gasteiger charge is 2.13. The Labute approximate surface area is 137 Å². The summed E-state index contributed by atoms with van der Waals surface area (Å²) in [5, 5.41) is 6.92. The SMILES string of the molecule is CCN(C(C)=O)c1nc(CNc2ccc(Cl)c(Cl)c2)cs1. The summed E-state index contributed by atoms with van der Waals surface area (Å²) in [6.07, 6.45) is 0. The van der Waals surface area contributed by atoms with E-state index in [1.165, 1.54) is 11.3 Å². The van der Waals surface area contributed by atoms with Crippen molar-refractivity contribution >= 4 is 51.3 Å². The Balaban J connectivity index is 2.02. The summed E-state index contributed by atoms with van der Waals surface area (Å²) < 4.78 is 0. The molecule has 0 radical (unpaired) electrons. The van der Waals surface area contributed by atoms with Crippen LogP contribution < -0.4 is 10.2 Å². The monoisotopic (exact) mass is 343 g/mol. The topological polar surface area (TPSA) is 45.2 Å². The predicted molar refractivity (Wildman–Crippen MR) is 89.6 cm³/mol. The van der Waals surface area contributed by atoms with E-state index >= 15 is 0 Å². The van der Waals surface area contributed by atoms with Crippen LogP contribution in [0, 0.1) is 0 Å². The Morgan fingerprint density at radius 3 is 2.76 bits per heavy atom. The van der Waals surface area contributed by atoms with Gasteiger partial charge in [0.15, 0.2) is 5.13 Å². The van der Waals surface area contributed by atoms with Gasteiger partial charge in [0.05, 0.1) is 22.3 Å². The molecule has 0 saturated carbocycles. The lowest BCUT2D eigenvalue weighted by atomic mass is 10.3. The van der Waals surface area contributed by atoms with E-state index in [4.69, 9.17) is 23.2 Å². The van der Waals surface area contributed by atoms with Crippen molar-refractivity contribution in [2.45, 2.75) is 20.4 Å². The molecule has 0 saturated heterocycles. The van der Waals surface area contributed by atoms with E-state index in [0.717, 1.165) is 16.5 Å². The Morgan fingerprint density at radius 1 is 1.38 bits per heavy atom. The molecule has 1 N–H and O–H groups in total. The van der Waals surface area contributed by atoms with Crippen molar-refractivity contribution in [2.24, 2.45) is 0 Å². The highest BCUT2D eigenvalue weighted by molar-refractivity contribution is 7.14. The van der Waals surface area contributed by atoms with Gasteiger partial charge in [0.2, 0.25) is 5.91 Å². The van der Waals surface area contributed by atoms with E-state index in [2.05, 4.69) is 10.3 Å². The first kappa shape index (κ1) is 16.1. The number of nitrogens with one attached hydrogen (secondary N) is 1. The van der Waals surface area contributed by atoms with Crippen LogP contribution in [0.4, 0.5) is 10.8 Å². The Kier molecular flexibility index (Phi) is 5.45. The molecular weight excluding hydrogens is 329 g/mol. The fraction of sp³-hybridized carbons (Fsp3) is 0.286. The molecule has 0 fully saturated rings. The zero-order chi connectivity index (χ0) is 15.4. The van der Waals surface area contributed by atoms with Crippen LogP contribution in [0.3, 0.4) is 0 Å². The van der Waals surface area contributed by atoms with Crippen LogP contribution in [0.25, 0.3) is 0 Å². The number of hydrogen-bond acceptors (Lipinski definition) is 4. The molecule has 2 aromatic rings. The molecule has 0 unspecified atom stereocenters. The molecule has 112 valence electrons. The number of carbonyl (C=O) groups excluding carboxylic acids is 1. The van der Waals surface area contributed by atoms with E-state index in [-0.39, 0.29) is 5.91 Å². The van der Waals surface area contributed by atoms with Gasteiger partial charge in [-0.2, -0.15) is 0 Å². The van der Waals surface area contributed by atoms with Gasteiger partial charge in [-0.05, 0) is 25.1 Å². The number of benzene rings is 1. The van der Waals surface area contributed by atoms with Crippen molar-refractivity contribution in [1.82, 2.24) is 4.98 Å². The molecule has 0 bridgehead atoms. The molecule has 0 atom stereocenters. The van der Waals surface area contributed by atoms with Gasteiger partial charge in [-0.25, -0.2) is 4.98 Å².